The summed E-state index contributed by atoms with van der Waals surface area (Å²) in [5.41, 5.74) is 0. The molecule has 0 aliphatic carbocycles. The number of amides is 1. The second-order valence-corrected chi connectivity index (χ2v) is 6.33. The number of ether oxygens (including phenoxy) is 1. The van der Waals surface area contributed by atoms with Crippen LogP contribution in [-0.2, 0) is 19.6 Å². The van der Waals surface area contributed by atoms with Gasteiger partial charge in [0.15, 0.2) is 0 Å². The van der Waals surface area contributed by atoms with Crippen molar-refractivity contribution in [1.29, 1.82) is 0 Å². The summed E-state index contributed by atoms with van der Waals surface area (Å²) in [6, 6.07) is 1.94. The molecule has 0 radical (unpaired) electrons. The molecule has 0 bridgehead atoms. The van der Waals surface area contributed by atoms with Gasteiger partial charge in [0.25, 0.3) is 0 Å². The van der Waals surface area contributed by atoms with Crippen LogP contribution in [0.25, 0.3) is 0 Å². The first-order chi connectivity index (χ1) is 9.48. The van der Waals surface area contributed by atoms with Crippen molar-refractivity contribution in [2.24, 2.45) is 0 Å². The minimum absolute atomic E-state index is 0.0107. The van der Waals surface area contributed by atoms with Crippen molar-refractivity contribution in [2.75, 3.05) is 26.8 Å². The minimum atomic E-state index is -3.90. The molecule has 1 saturated heterocycles. The number of nitrogens with one attached hydrogen (secondary N) is 1. The molecule has 1 amide bonds. The van der Waals surface area contributed by atoms with Crippen LogP contribution in [0, 0.1) is 0 Å². The Morgan fingerprint density at radius 2 is 2.35 bits per heavy atom. The van der Waals surface area contributed by atoms with E-state index in [0.29, 0.717) is 0 Å². The number of hydrogen-bond acceptors (Lipinski definition) is 5. The molecule has 0 aromatic carbocycles. The number of aromatic nitrogens is 1. The van der Waals surface area contributed by atoms with E-state index in [4.69, 9.17) is 16.3 Å². The third-order valence-corrected chi connectivity index (χ3v) is 5.29. The molecule has 0 spiro atoms. The van der Waals surface area contributed by atoms with Crippen molar-refractivity contribution < 1.29 is 17.9 Å². The average molecular weight is 320 g/mol. The normalized spacial score (nSPS) is 20.6. The van der Waals surface area contributed by atoms with E-state index in [0.717, 1.165) is 4.31 Å². The highest BCUT2D eigenvalue weighted by molar-refractivity contribution is 7.89. The Balaban J connectivity index is 2.41. The van der Waals surface area contributed by atoms with E-state index in [9.17, 15) is 13.2 Å². The number of rotatable bonds is 3. The van der Waals surface area contributed by atoms with Crippen LogP contribution in [0.5, 0.6) is 0 Å². The number of morpholine rings is 1. The number of pyridine rings is 1. The van der Waals surface area contributed by atoms with E-state index in [1.807, 2.05) is 0 Å². The van der Waals surface area contributed by atoms with Gasteiger partial charge in [0.2, 0.25) is 15.9 Å². The number of carbonyl (C=O) groups excluding carboxylic acids is 1. The molecule has 1 fully saturated rings. The highest BCUT2D eigenvalue weighted by atomic mass is 35.5. The molecular formula is C11H14ClN3O4S. The van der Waals surface area contributed by atoms with Gasteiger partial charge in [0.1, 0.15) is 16.1 Å². The van der Waals surface area contributed by atoms with Crippen LogP contribution in [-0.4, -0.2) is 56.5 Å². The van der Waals surface area contributed by atoms with Crippen LogP contribution in [0.4, 0.5) is 0 Å². The van der Waals surface area contributed by atoms with Gasteiger partial charge in [-0.1, -0.05) is 11.6 Å². The van der Waals surface area contributed by atoms with Gasteiger partial charge in [-0.05, 0) is 12.1 Å². The van der Waals surface area contributed by atoms with Gasteiger partial charge in [-0.25, -0.2) is 13.4 Å². The number of carbonyl (C=O) groups is 1. The molecule has 1 atom stereocenters. The summed E-state index contributed by atoms with van der Waals surface area (Å²) in [5.74, 6) is -0.423. The molecule has 0 saturated carbocycles. The fraction of sp³-hybridized carbons (Fsp3) is 0.455. The summed E-state index contributed by atoms with van der Waals surface area (Å²) < 4.78 is 31.5. The highest BCUT2D eigenvalue weighted by Crippen LogP contribution is 2.25. The van der Waals surface area contributed by atoms with Crippen LogP contribution < -0.4 is 5.32 Å². The first kappa shape index (κ1) is 15.2. The summed E-state index contributed by atoms with van der Waals surface area (Å²) >= 11 is 5.84. The Bertz CT molecular complexity index is 607. The molecule has 7 nitrogen and oxygen atoms in total. The molecule has 9 heteroatoms. The fourth-order valence-corrected chi connectivity index (χ4v) is 3.93. The van der Waals surface area contributed by atoms with Gasteiger partial charge in [0, 0.05) is 19.8 Å². The standard InChI is InChI=1S/C11H14ClN3O4S/c1-13-11(16)8-7-19-6-5-15(8)20(17,18)9-3-2-4-14-10(9)12/h2-4,8H,5-7H2,1H3,(H,13,16). The van der Waals surface area contributed by atoms with Gasteiger partial charge >= 0.3 is 0 Å². The summed E-state index contributed by atoms with van der Waals surface area (Å²) in [6.07, 6.45) is 1.40. The van der Waals surface area contributed by atoms with Crippen LogP contribution in [0.3, 0.4) is 0 Å². The van der Waals surface area contributed by atoms with Crippen LogP contribution in [0.2, 0.25) is 5.15 Å². The Morgan fingerprint density at radius 3 is 3.00 bits per heavy atom. The monoisotopic (exact) mass is 319 g/mol. The highest BCUT2D eigenvalue weighted by Gasteiger charge is 2.38. The summed E-state index contributed by atoms with van der Waals surface area (Å²) in [5, 5.41) is 2.31. The predicted molar refractivity (Wildman–Crippen MR) is 71.8 cm³/mol. The smallest absolute Gasteiger partial charge is 0.247 e. The van der Waals surface area contributed by atoms with Gasteiger partial charge in [-0.15, -0.1) is 0 Å². The molecule has 2 rings (SSSR count). The topological polar surface area (TPSA) is 88.6 Å². The van der Waals surface area contributed by atoms with Crippen molar-refractivity contribution in [2.45, 2.75) is 10.9 Å². The lowest BCUT2D eigenvalue weighted by Gasteiger charge is -2.33. The maximum Gasteiger partial charge on any atom is 0.247 e. The maximum atomic E-state index is 12.6. The molecule has 1 unspecified atom stereocenters. The second-order valence-electron chi connectivity index (χ2n) is 4.11. The number of sulfonamides is 1. The molecule has 1 aliphatic rings. The lowest BCUT2D eigenvalue weighted by atomic mass is 10.2. The number of hydrogen-bond donors (Lipinski definition) is 1. The zero-order chi connectivity index (χ0) is 14.8. The first-order valence-electron chi connectivity index (χ1n) is 5.90. The second kappa shape index (κ2) is 6.04. The maximum absolute atomic E-state index is 12.6. The Labute approximate surface area is 121 Å². The minimum Gasteiger partial charge on any atom is -0.378 e. The average Bonchev–Trinajstić information content (AvgIpc) is 2.46. The first-order valence-corrected chi connectivity index (χ1v) is 7.72. The van der Waals surface area contributed by atoms with Gasteiger partial charge < -0.3 is 10.1 Å². The fourth-order valence-electron chi connectivity index (χ4n) is 1.94. The lowest BCUT2D eigenvalue weighted by molar-refractivity contribution is -0.128. The van der Waals surface area contributed by atoms with Crippen molar-refractivity contribution in [3.8, 4) is 0 Å². The Hall–Kier alpha value is -1.22. The van der Waals surface area contributed by atoms with E-state index >= 15 is 0 Å². The SMILES string of the molecule is CNC(=O)C1COCCN1S(=O)(=O)c1cccnc1Cl. The Kier molecular flexibility index (Phi) is 4.59. The van der Waals surface area contributed by atoms with Crippen LogP contribution in [0.15, 0.2) is 23.2 Å². The van der Waals surface area contributed by atoms with Crippen molar-refractivity contribution in [1.82, 2.24) is 14.6 Å². The third kappa shape index (κ3) is 2.78. The molecule has 20 heavy (non-hydrogen) atoms. The summed E-state index contributed by atoms with van der Waals surface area (Å²) in [6.45, 7) is 0.326. The van der Waals surface area contributed by atoms with E-state index in [1.165, 1.54) is 25.4 Å². The van der Waals surface area contributed by atoms with Crippen LogP contribution >= 0.6 is 11.6 Å². The predicted octanol–water partition coefficient (Wildman–Crippen LogP) is -0.130. The summed E-state index contributed by atoms with van der Waals surface area (Å²) in [7, 11) is -2.46. The zero-order valence-electron chi connectivity index (χ0n) is 10.7. The van der Waals surface area contributed by atoms with Gasteiger partial charge in [-0.3, -0.25) is 4.79 Å². The number of halogens is 1. The molecular weight excluding hydrogens is 306 g/mol. The van der Waals surface area contributed by atoms with E-state index in [-0.39, 0.29) is 29.8 Å². The van der Waals surface area contributed by atoms with E-state index < -0.39 is 22.0 Å². The molecule has 1 aromatic heterocycles. The quantitative estimate of drug-likeness (QED) is 0.784. The molecule has 110 valence electrons. The molecule has 1 aliphatic heterocycles. The Morgan fingerprint density at radius 1 is 1.60 bits per heavy atom. The van der Waals surface area contributed by atoms with Crippen molar-refractivity contribution >= 4 is 27.5 Å². The number of nitrogens with zero attached hydrogens (tertiary/aromatic N) is 2. The third-order valence-electron chi connectivity index (χ3n) is 2.94. The molecule has 1 N–H and O–H groups in total. The number of likely N-dealkylation sites (N-methyl/N-ethyl adjacent to an activating group) is 1. The lowest BCUT2D eigenvalue weighted by Crippen LogP contribution is -2.55. The largest absolute Gasteiger partial charge is 0.378 e. The van der Waals surface area contributed by atoms with Crippen molar-refractivity contribution in [3.63, 3.8) is 0 Å². The van der Waals surface area contributed by atoms with Gasteiger partial charge in [0.05, 0.1) is 13.2 Å². The molecule has 1 aromatic rings. The zero-order valence-corrected chi connectivity index (χ0v) is 12.3. The summed E-state index contributed by atoms with van der Waals surface area (Å²) in [4.78, 5) is 15.4. The van der Waals surface area contributed by atoms with E-state index in [1.54, 1.807) is 0 Å². The molecule has 2 heterocycles. The van der Waals surface area contributed by atoms with Crippen LogP contribution in [0.1, 0.15) is 0 Å². The van der Waals surface area contributed by atoms with E-state index in [2.05, 4.69) is 10.3 Å². The van der Waals surface area contributed by atoms with Gasteiger partial charge in [-0.2, -0.15) is 4.31 Å². The van der Waals surface area contributed by atoms with Crippen molar-refractivity contribution in [3.05, 3.63) is 23.5 Å².